The monoisotopic (exact) mass is 521 g/mol. The Bertz CT molecular complexity index is 1350. The van der Waals surface area contributed by atoms with Gasteiger partial charge in [-0.05, 0) is 17.7 Å². The number of anilines is 1. The minimum atomic E-state index is -5.08. The predicted octanol–water partition coefficient (Wildman–Crippen LogP) is 3.74. The molecule has 0 saturated carbocycles. The third kappa shape index (κ3) is 5.94. The fraction of sp³-hybridized carbons (Fsp3) is 0.304. The lowest BCUT2D eigenvalue weighted by Crippen LogP contribution is -2.46. The number of halogens is 4. The number of carboxylic acids is 1. The van der Waals surface area contributed by atoms with E-state index in [2.05, 4.69) is 35.3 Å². The summed E-state index contributed by atoms with van der Waals surface area (Å²) in [5.74, 6) is -1.82. The molecular formula is C23H23ClF3N7O2. The number of alkyl halides is 3. The number of fused-ring (bicyclic) bond motifs is 1. The molecule has 36 heavy (non-hydrogen) atoms. The van der Waals surface area contributed by atoms with Crippen molar-refractivity contribution in [2.24, 2.45) is 7.05 Å². The number of hydrogen-bond acceptors (Lipinski definition) is 6. The van der Waals surface area contributed by atoms with Crippen LogP contribution in [0.5, 0.6) is 0 Å². The molecule has 1 saturated heterocycles. The van der Waals surface area contributed by atoms with Gasteiger partial charge < -0.3 is 10.0 Å². The fourth-order valence-electron chi connectivity index (χ4n) is 3.91. The normalized spacial score (nSPS) is 14.5. The van der Waals surface area contributed by atoms with E-state index in [0.29, 0.717) is 0 Å². The molecule has 1 N–H and O–H groups in total. The first-order valence-electron chi connectivity index (χ1n) is 10.9. The zero-order chi connectivity index (χ0) is 25.9. The highest BCUT2D eigenvalue weighted by Gasteiger charge is 2.38. The Morgan fingerprint density at radius 2 is 1.86 bits per heavy atom. The summed E-state index contributed by atoms with van der Waals surface area (Å²) in [6.07, 6.45) is 4.48. The molecule has 0 unspecified atom stereocenters. The summed E-state index contributed by atoms with van der Waals surface area (Å²) in [5, 5.41) is 12.2. The molecule has 1 aliphatic rings. The zero-order valence-corrected chi connectivity index (χ0v) is 20.0. The third-order valence-corrected chi connectivity index (χ3v) is 5.85. The number of carboxylic acid groups (broad SMARTS) is 1. The van der Waals surface area contributed by atoms with Crippen molar-refractivity contribution in [2.45, 2.75) is 12.7 Å². The van der Waals surface area contributed by atoms with Crippen molar-refractivity contribution < 1.29 is 23.1 Å². The van der Waals surface area contributed by atoms with Gasteiger partial charge in [-0.1, -0.05) is 23.7 Å². The lowest BCUT2D eigenvalue weighted by molar-refractivity contribution is -0.192. The summed E-state index contributed by atoms with van der Waals surface area (Å²) in [4.78, 5) is 23.0. The van der Waals surface area contributed by atoms with Gasteiger partial charge >= 0.3 is 12.1 Å². The number of nitrogens with zero attached hydrogens (tertiary/aromatic N) is 7. The Balaban J connectivity index is 0.000000384. The number of piperazine rings is 1. The highest BCUT2D eigenvalue weighted by Crippen LogP contribution is 2.25. The molecule has 4 aromatic rings. The quantitative estimate of drug-likeness (QED) is 0.437. The van der Waals surface area contributed by atoms with E-state index < -0.39 is 12.1 Å². The van der Waals surface area contributed by atoms with Gasteiger partial charge in [0.25, 0.3) is 0 Å². The van der Waals surface area contributed by atoms with E-state index in [1.54, 1.807) is 4.68 Å². The molecule has 9 nitrogen and oxygen atoms in total. The molecule has 0 atom stereocenters. The van der Waals surface area contributed by atoms with Gasteiger partial charge in [-0.15, -0.1) is 0 Å². The fourth-order valence-corrected chi connectivity index (χ4v) is 4.12. The maximum absolute atomic E-state index is 10.6. The van der Waals surface area contributed by atoms with Crippen molar-refractivity contribution in [1.29, 1.82) is 0 Å². The first-order valence-corrected chi connectivity index (χ1v) is 11.3. The Kier molecular flexibility index (Phi) is 7.45. The van der Waals surface area contributed by atoms with Gasteiger partial charge in [0.05, 0.1) is 18.1 Å². The van der Waals surface area contributed by atoms with Crippen LogP contribution in [0.25, 0.3) is 16.9 Å². The Labute approximate surface area is 209 Å². The van der Waals surface area contributed by atoms with Crippen LogP contribution in [-0.2, 0) is 18.4 Å². The van der Waals surface area contributed by atoms with Gasteiger partial charge in [0, 0.05) is 68.9 Å². The Hall–Kier alpha value is -3.64. The number of hydrogen-bond donors (Lipinski definition) is 1. The number of carbonyl (C=O) groups is 1. The van der Waals surface area contributed by atoms with Crippen molar-refractivity contribution in [3.63, 3.8) is 0 Å². The average Bonchev–Trinajstić information content (AvgIpc) is 3.45. The zero-order valence-electron chi connectivity index (χ0n) is 19.2. The molecule has 1 aliphatic heterocycles. The van der Waals surface area contributed by atoms with Gasteiger partial charge in [-0.3, -0.25) is 14.0 Å². The third-order valence-electron chi connectivity index (χ3n) is 5.62. The molecular weight excluding hydrogens is 499 g/mol. The molecule has 3 aromatic heterocycles. The largest absolute Gasteiger partial charge is 0.490 e. The summed E-state index contributed by atoms with van der Waals surface area (Å²) in [5.41, 5.74) is 4.20. The summed E-state index contributed by atoms with van der Waals surface area (Å²) < 4.78 is 35.6. The molecule has 1 aromatic carbocycles. The second-order valence-corrected chi connectivity index (χ2v) is 8.62. The number of benzene rings is 1. The van der Waals surface area contributed by atoms with E-state index in [9.17, 15) is 13.2 Å². The van der Waals surface area contributed by atoms with Crippen LogP contribution in [0.1, 0.15) is 5.56 Å². The summed E-state index contributed by atoms with van der Waals surface area (Å²) in [6.45, 7) is 4.71. The van der Waals surface area contributed by atoms with E-state index in [-0.39, 0.29) is 0 Å². The topological polar surface area (TPSA) is 91.8 Å². The molecule has 190 valence electrons. The lowest BCUT2D eigenvalue weighted by atomic mass is 10.2. The van der Waals surface area contributed by atoms with Crippen LogP contribution in [0.15, 0.2) is 55.2 Å². The molecule has 0 spiro atoms. The molecule has 0 bridgehead atoms. The highest BCUT2D eigenvalue weighted by atomic mass is 35.5. The van der Waals surface area contributed by atoms with Crippen LogP contribution >= 0.6 is 11.6 Å². The van der Waals surface area contributed by atoms with Gasteiger partial charge in [0.1, 0.15) is 0 Å². The van der Waals surface area contributed by atoms with Crippen LogP contribution in [0.2, 0.25) is 5.02 Å². The number of aryl methyl sites for hydroxylation is 1. The van der Waals surface area contributed by atoms with Crippen molar-refractivity contribution in [2.75, 3.05) is 31.1 Å². The van der Waals surface area contributed by atoms with Crippen LogP contribution in [-0.4, -0.2) is 72.5 Å². The first kappa shape index (κ1) is 25.5. The molecule has 0 aliphatic carbocycles. The predicted molar refractivity (Wildman–Crippen MR) is 128 cm³/mol. The number of aromatic nitrogens is 5. The van der Waals surface area contributed by atoms with E-state index >= 15 is 0 Å². The van der Waals surface area contributed by atoms with Gasteiger partial charge in [-0.25, -0.2) is 14.8 Å². The van der Waals surface area contributed by atoms with Crippen LogP contribution in [0.4, 0.5) is 19.0 Å². The van der Waals surface area contributed by atoms with Crippen molar-refractivity contribution in [3.05, 3.63) is 65.8 Å². The van der Waals surface area contributed by atoms with Crippen LogP contribution in [0.3, 0.4) is 0 Å². The molecule has 5 rings (SSSR count). The minimum Gasteiger partial charge on any atom is -0.475 e. The molecule has 1 fully saturated rings. The molecule has 4 heterocycles. The van der Waals surface area contributed by atoms with E-state index in [1.165, 1.54) is 5.56 Å². The number of imidazole rings is 1. The van der Waals surface area contributed by atoms with Crippen LogP contribution < -0.4 is 4.90 Å². The minimum absolute atomic E-state index is 0.792. The number of rotatable bonds is 4. The molecule has 13 heteroatoms. The second kappa shape index (κ2) is 10.5. The van der Waals surface area contributed by atoms with Gasteiger partial charge in [-0.2, -0.15) is 18.3 Å². The van der Waals surface area contributed by atoms with Crippen LogP contribution in [0, 0.1) is 0 Å². The standard InChI is InChI=1S/C21H22ClN7.C2HF3O2/c1-26-15-17(12-25-26)19-13-24-21-20(23-5-6-29(19)21)28-9-7-27(8-10-28)14-16-3-2-4-18(22)11-16;3-2(4,5)1(6)7/h2-6,11-13,15H,7-10,14H2,1H3;(H,6,7). The Morgan fingerprint density at radius 3 is 2.47 bits per heavy atom. The Morgan fingerprint density at radius 1 is 1.14 bits per heavy atom. The van der Waals surface area contributed by atoms with E-state index in [1.807, 2.05) is 56.2 Å². The molecule has 0 radical (unpaired) electrons. The maximum Gasteiger partial charge on any atom is 0.490 e. The highest BCUT2D eigenvalue weighted by molar-refractivity contribution is 6.30. The number of aliphatic carboxylic acids is 1. The van der Waals surface area contributed by atoms with Crippen molar-refractivity contribution >= 4 is 29.0 Å². The molecule has 0 amide bonds. The van der Waals surface area contributed by atoms with E-state index in [4.69, 9.17) is 21.5 Å². The average molecular weight is 522 g/mol. The summed E-state index contributed by atoms with van der Waals surface area (Å²) in [7, 11) is 1.92. The van der Waals surface area contributed by atoms with Crippen molar-refractivity contribution in [1.82, 2.24) is 29.0 Å². The lowest BCUT2D eigenvalue weighted by Gasteiger charge is -2.35. The SMILES string of the molecule is Cn1cc(-c2cnc3c(N4CCN(Cc5cccc(Cl)c5)CC4)nccn23)cn1.O=C(O)C(F)(F)F. The first-order chi connectivity index (χ1) is 17.1. The smallest absolute Gasteiger partial charge is 0.475 e. The second-order valence-electron chi connectivity index (χ2n) is 8.19. The van der Waals surface area contributed by atoms with E-state index in [0.717, 1.165) is 60.5 Å². The van der Waals surface area contributed by atoms with Gasteiger partial charge in [0.2, 0.25) is 0 Å². The summed E-state index contributed by atoms with van der Waals surface area (Å²) in [6, 6.07) is 8.10. The maximum atomic E-state index is 10.6. The summed E-state index contributed by atoms with van der Waals surface area (Å²) >= 11 is 6.12. The van der Waals surface area contributed by atoms with Crippen molar-refractivity contribution in [3.8, 4) is 11.3 Å². The van der Waals surface area contributed by atoms with Gasteiger partial charge in [0.15, 0.2) is 11.5 Å².